The molecule has 1 saturated heterocycles. The van der Waals surface area contributed by atoms with Crippen LogP contribution in [-0.2, 0) is 9.53 Å². The van der Waals surface area contributed by atoms with Gasteiger partial charge in [0.15, 0.2) is 0 Å². The van der Waals surface area contributed by atoms with Crippen LogP contribution in [0.2, 0.25) is 0 Å². The molecule has 1 aliphatic rings. The molecule has 4 nitrogen and oxygen atoms in total. The average Bonchev–Trinajstić information content (AvgIpc) is 2.28. The van der Waals surface area contributed by atoms with Gasteiger partial charge >= 0.3 is 0 Å². The van der Waals surface area contributed by atoms with Crippen LogP contribution >= 0.6 is 0 Å². The van der Waals surface area contributed by atoms with Gasteiger partial charge in [0.25, 0.3) is 0 Å². The molecule has 1 N–H and O–H groups in total. The molecule has 1 heterocycles. The van der Waals surface area contributed by atoms with Crippen molar-refractivity contribution >= 4 is 5.91 Å². The van der Waals surface area contributed by atoms with E-state index in [0.717, 1.165) is 26.1 Å². The Morgan fingerprint density at radius 2 is 2.38 bits per heavy atom. The van der Waals surface area contributed by atoms with Crippen LogP contribution in [0.15, 0.2) is 0 Å². The highest BCUT2D eigenvalue weighted by Crippen LogP contribution is 2.13. The Kier molecular flexibility index (Phi) is 5.27. The second-order valence-corrected chi connectivity index (χ2v) is 4.68. The lowest BCUT2D eigenvalue weighted by Gasteiger charge is -2.23. The number of hydrogen-bond acceptors (Lipinski definition) is 3. The van der Waals surface area contributed by atoms with Crippen LogP contribution in [0, 0.1) is 29.1 Å². The quantitative estimate of drug-likeness (QED) is 0.783. The maximum Gasteiger partial charge on any atom is 0.237 e. The topological polar surface area (TPSA) is 62.1 Å². The van der Waals surface area contributed by atoms with E-state index in [1.807, 2.05) is 19.9 Å². The van der Waals surface area contributed by atoms with Crippen molar-refractivity contribution in [2.24, 2.45) is 17.8 Å². The predicted octanol–water partition coefficient (Wildman–Crippen LogP) is 1.32. The summed E-state index contributed by atoms with van der Waals surface area (Å²) in [6, 6.07) is 2.05. The fourth-order valence-corrected chi connectivity index (χ4v) is 1.83. The first-order chi connectivity index (χ1) is 7.65. The van der Waals surface area contributed by atoms with Crippen molar-refractivity contribution in [3.63, 3.8) is 0 Å². The van der Waals surface area contributed by atoms with Gasteiger partial charge in [-0.2, -0.15) is 5.26 Å². The molecule has 0 aromatic carbocycles. The molecule has 0 aliphatic carbocycles. The molecule has 0 bridgehead atoms. The lowest BCUT2D eigenvalue weighted by Crippen LogP contribution is -2.38. The van der Waals surface area contributed by atoms with Gasteiger partial charge in [0, 0.05) is 13.2 Å². The number of ether oxygens (including phenoxy) is 1. The summed E-state index contributed by atoms with van der Waals surface area (Å²) >= 11 is 0. The van der Waals surface area contributed by atoms with Gasteiger partial charge in [-0.25, -0.2) is 0 Å². The summed E-state index contributed by atoms with van der Waals surface area (Å²) < 4.78 is 5.33. The van der Waals surface area contributed by atoms with E-state index in [2.05, 4.69) is 5.32 Å². The molecule has 2 atom stereocenters. The number of hydrogen-bond donors (Lipinski definition) is 1. The molecule has 16 heavy (non-hydrogen) atoms. The van der Waals surface area contributed by atoms with Crippen LogP contribution in [0.4, 0.5) is 0 Å². The summed E-state index contributed by atoms with van der Waals surface area (Å²) in [5.41, 5.74) is 0. The predicted molar refractivity (Wildman–Crippen MR) is 60.5 cm³/mol. The van der Waals surface area contributed by atoms with Gasteiger partial charge in [-0.3, -0.25) is 4.79 Å². The van der Waals surface area contributed by atoms with Crippen LogP contribution in [0.5, 0.6) is 0 Å². The molecule has 4 heteroatoms. The van der Waals surface area contributed by atoms with Crippen LogP contribution in [-0.4, -0.2) is 25.7 Å². The zero-order chi connectivity index (χ0) is 12.0. The molecule has 1 fully saturated rings. The molecular formula is C12H20N2O2. The van der Waals surface area contributed by atoms with Crippen LogP contribution in [0.1, 0.15) is 26.7 Å². The van der Waals surface area contributed by atoms with Crippen molar-refractivity contribution in [3.8, 4) is 6.07 Å². The second-order valence-electron chi connectivity index (χ2n) is 4.68. The van der Waals surface area contributed by atoms with Crippen molar-refractivity contribution in [2.45, 2.75) is 26.7 Å². The van der Waals surface area contributed by atoms with Crippen LogP contribution < -0.4 is 5.32 Å². The fourth-order valence-electron chi connectivity index (χ4n) is 1.83. The monoisotopic (exact) mass is 224 g/mol. The Hall–Kier alpha value is -1.08. The molecular weight excluding hydrogens is 204 g/mol. The minimum Gasteiger partial charge on any atom is -0.381 e. The highest BCUT2D eigenvalue weighted by atomic mass is 16.5. The van der Waals surface area contributed by atoms with Crippen molar-refractivity contribution in [2.75, 3.05) is 19.8 Å². The summed E-state index contributed by atoms with van der Waals surface area (Å²) in [5, 5.41) is 11.7. The Bertz CT molecular complexity index is 265. The summed E-state index contributed by atoms with van der Waals surface area (Å²) in [6.45, 7) is 5.95. The van der Waals surface area contributed by atoms with Gasteiger partial charge in [0.2, 0.25) is 5.91 Å². The molecule has 0 radical (unpaired) electrons. The summed E-state index contributed by atoms with van der Waals surface area (Å²) in [6.07, 6.45) is 2.16. The number of carbonyl (C=O) groups excluding carboxylic acids is 1. The Morgan fingerprint density at radius 1 is 1.62 bits per heavy atom. The number of carbonyl (C=O) groups is 1. The zero-order valence-corrected chi connectivity index (χ0v) is 10.0. The summed E-state index contributed by atoms with van der Waals surface area (Å²) in [4.78, 5) is 11.7. The van der Waals surface area contributed by atoms with Crippen molar-refractivity contribution in [1.82, 2.24) is 5.32 Å². The minimum absolute atomic E-state index is 0.0626. The third-order valence-electron chi connectivity index (χ3n) is 2.91. The number of nitrogens with zero attached hydrogens (tertiary/aromatic N) is 1. The number of amides is 1. The standard InChI is InChI=1S/C12H20N2O2/c1-9(2)11(6-13)12(15)14-7-10-4-3-5-16-8-10/h9-11H,3-5,7-8H2,1-2H3,(H,14,15). The molecule has 1 aliphatic heterocycles. The van der Waals surface area contributed by atoms with Crippen molar-refractivity contribution < 1.29 is 9.53 Å². The SMILES string of the molecule is CC(C)C(C#N)C(=O)NCC1CCCOC1. The molecule has 2 unspecified atom stereocenters. The first-order valence-corrected chi connectivity index (χ1v) is 5.90. The fraction of sp³-hybridized carbons (Fsp3) is 0.833. The Balaban J connectivity index is 2.31. The third kappa shape index (κ3) is 3.82. The third-order valence-corrected chi connectivity index (χ3v) is 2.91. The largest absolute Gasteiger partial charge is 0.381 e. The van der Waals surface area contributed by atoms with Gasteiger partial charge in [-0.05, 0) is 24.7 Å². The van der Waals surface area contributed by atoms with E-state index < -0.39 is 5.92 Å². The normalized spacial score (nSPS) is 22.5. The highest BCUT2D eigenvalue weighted by molar-refractivity contribution is 5.81. The zero-order valence-electron chi connectivity index (χ0n) is 10.0. The number of rotatable bonds is 4. The molecule has 0 spiro atoms. The Morgan fingerprint density at radius 3 is 2.88 bits per heavy atom. The van der Waals surface area contributed by atoms with E-state index in [9.17, 15) is 4.79 Å². The maximum atomic E-state index is 11.7. The molecule has 0 aromatic heterocycles. The maximum absolute atomic E-state index is 11.7. The average molecular weight is 224 g/mol. The second kappa shape index (κ2) is 6.49. The lowest BCUT2D eigenvalue weighted by molar-refractivity contribution is -0.124. The van der Waals surface area contributed by atoms with Crippen LogP contribution in [0.3, 0.4) is 0 Å². The molecule has 90 valence electrons. The van der Waals surface area contributed by atoms with Crippen LogP contribution in [0.25, 0.3) is 0 Å². The highest BCUT2D eigenvalue weighted by Gasteiger charge is 2.22. The van der Waals surface area contributed by atoms with Crippen molar-refractivity contribution in [1.29, 1.82) is 5.26 Å². The molecule has 1 rings (SSSR count). The van der Waals surface area contributed by atoms with Gasteiger partial charge < -0.3 is 10.1 Å². The van der Waals surface area contributed by atoms with Gasteiger partial charge in [0.05, 0.1) is 12.7 Å². The van der Waals surface area contributed by atoms with E-state index in [0.29, 0.717) is 12.5 Å². The number of nitrogens with one attached hydrogen (secondary N) is 1. The summed E-state index contributed by atoms with van der Waals surface area (Å²) in [7, 11) is 0. The number of nitriles is 1. The molecule has 1 amide bonds. The van der Waals surface area contributed by atoms with Gasteiger partial charge in [-0.1, -0.05) is 13.8 Å². The van der Waals surface area contributed by atoms with E-state index in [4.69, 9.17) is 10.00 Å². The van der Waals surface area contributed by atoms with Crippen molar-refractivity contribution in [3.05, 3.63) is 0 Å². The van der Waals surface area contributed by atoms with E-state index in [-0.39, 0.29) is 11.8 Å². The first kappa shape index (κ1) is 13.0. The van der Waals surface area contributed by atoms with E-state index >= 15 is 0 Å². The lowest BCUT2D eigenvalue weighted by atomic mass is 9.96. The minimum atomic E-state index is -0.537. The van der Waals surface area contributed by atoms with Gasteiger partial charge in [-0.15, -0.1) is 0 Å². The summed E-state index contributed by atoms with van der Waals surface area (Å²) in [5.74, 6) is -0.218. The smallest absolute Gasteiger partial charge is 0.237 e. The van der Waals surface area contributed by atoms with E-state index in [1.54, 1.807) is 0 Å². The Labute approximate surface area is 97.0 Å². The first-order valence-electron chi connectivity index (χ1n) is 5.90. The molecule has 0 saturated carbocycles. The molecule has 0 aromatic rings. The van der Waals surface area contributed by atoms with E-state index in [1.165, 1.54) is 0 Å². The van der Waals surface area contributed by atoms with Gasteiger partial charge in [0.1, 0.15) is 5.92 Å².